The Morgan fingerprint density at radius 2 is 1.69 bits per heavy atom. The molecular weight excluding hydrogens is 512 g/mol. The van der Waals surface area contributed by atoms with Crippen LogP contribution < -0.4 is 14.2 Å². The van der Waals surface area contributed by atoms with Crippen molar-refractivity contribution in [3.8, 4) is 17.4 Å². The van der Waals surface area contributed by atoms with E-state index in [9.17, 15) is 8.42 Å². The van der Waals surface area contributed by atoms with Crippen LogP contribution in [0.5, 0.6) is 11.8 Å². The maximum Gasteiger partial charge on any atom is 0.245 e. The average molecular weight is 539 g/mol. The summed E-state index contributed by atoms with van der Waals surface area (Å²) in [6, 6.07) is 0. The molecule has 36 heavy (non-hydrogen) atoms. The molecule has 0 amide bonds. The highest BCUT2D eigenvalue weighted by atomic mass is 35.5. The van der Waals surface area contributed by atoms with Crippen molar-refractivity contribution < 1.29 is 22.6 Å². The predicted molar refractivity (Wildman–Crippen MR) is 130 cm³/mol. The average Bonchev–Trinajstić information content (AvgIpc) is 3.24. The van der Waals surface area contributed by atoms with Crippen LogP contribution in [0.2, 0.25) is 5.02 Å². The lowest BCUT2D eigenvalue weighted by molar-refractivity contribution is 0.0950. The highest BCUT2D eigenvalue weighted by molar-refractivity contribution is 7.93. The molecule has 1 aliphatic rings. The molecule has 1 saturated carbocycles. The maximum absolute atomic E-state index is 13.5. The van der Waals surface area contributed by atoms with Gasteiger partial charge in [-0.1, -0.05) is 18.5 Å². The van der Waals surface area contributed by atoms with E-state index in [1.807, 2.05) is 0 Å². The monoisotopic (exact) mass is 538 g/mol. The van der Waals surface area contributed by atoms with Crippen LogP contribution in [0.15, 0.2) is 18.7 Å². The number of aromatic nitrogens is 7. The van der Waals surface area contributed by atoms with Gasteiger partial charge in [0.1, 0.15) is 23.5 Å². The van der Waals surface area contributed by atoms with Gasteiger partial charge in [0.05, 0.1) is 19.2 Å². The summed E-state index contributed by atoms with van der Waals surface area (Å²) in [7, 11) is 0.172. The number of halogens is 1. The Balaban J connectivity index is 1.78. The standard InChI is InChI=1S/C21H27ClN8O5S/c1-11-6-7-14(11)18-27-28-21(30(18)15-19(34-4)25-10-26-20(15)35-5)29-36(31,32)12(2)16(33-3)17-23-8-13(22)9-24-17/h8-12,14,16H,6-7H2,1-5H3,(H,28,29)/t11-,12+,14-,16+/m1/s1. The minimum atomic E-state index is -4.10. The number of sulfonamides is 1. The molecule has 0 unspecified atom stereocenters. The molecule has 0 aromatic carbocycles. The molecule has 4 atom stereocenters. The number of rotatable bonds is 10. The third-order valence-electron chi connectivity index (χ3n) is 6.30. The van der Waals surface area contributed by atoms with Gasteiger partial charge in [-0.15, -0.1) is 10.2 Å². The normalized spacial score (nSPS) is 19.3. The van der Waals surface area contributed by atoms with Crippen molar-refractivity contribution in [1.82, 2.24) is 34.7 Å². The third kappa shape index (κ3) is 4.80. The second-order valence-electron chi connectivity index (χ2n) is 8.39. The maximum atomic E-state index is 13.5. The fourth-order valence-electron chi connectivity index (χ4n) is 4.07. The summed E-state index contributed by atoms with van der Waals surface area (Å²) in [5.41, 5.74) is 0.288. The van der Waals surface area contributed by atoms with Crippen LogP contribution in [0.25, 0.3) is 5.69 Å². The Morgan fingerprint density at radius 1 is 1.06 bits per heavy atom. The molecule has 15 heteroatoms. The number of methoxy groups -OCH3 is 3. The molecule has 0 radical (unpaired) electrons. The van der Waals surface area contributed by atoms with Crippen LogP contribution in [0.4, 0.5) is 5.95 Å². The smallest absolute Gasteiger partial charge is 0.245 e. The molecule has 1 aliphatic carbocycles. The van der Waals surface area contributed by atoms with E-state index < -0.39 is 21.4 Å². The quantitative estimate of drug-likeness (QED) is 0.404. The first-order valence-corrected chi connectivity index (χ1v) is 13.0. The highest BCUT2D eigenvalue weighted by Crippen LogP contribution is 2.44. The highest BCUT2D eigenvalue weighted by Gasteiger charge is 2.38. The second-order valence-corrected chi connectivity index (χ2v) is 10.9. The Morgan fingerprint density at radius 3 is 2.19 bits per heavy atom. The number of nitrogens with one attached hydrogen (secondary N) is 1. The minimum absolute atomic E-state index is 0.0528. The molecule has 3 heterocycles. The fraction of sp³-hybridized carbons (Fsp3) is 0.524. The van der Waals surface area contributed by atoms with Crippen molar-refractivity contribution in [2.75, 3.05) is 26.1 Å². The van der Waals surface area contributed by atoms with Gasteiger partial charge in [0.25, 0.3) is 0 Å². The van der Waals surface area contributed by atoms with E-state index in [1.54, 1.807) is 4.57 Å². The van der Waals surface area contributed by atoms with Crippen molar-refractivity contribution in [2.45, 2.75) is 44.0 Å². The first-order valence-electron chi connectivity index (χ1n) is 11.1. The van der Waals surface area contributed by atoms with Crippen LogP contribution in [0.1, 0.15) is 50.4 Å². The molecule has 0 bridgehead atoms. The molecule has 0 spiro atoms. The molecule has 0 saturated heterocycles. The lowest BCUT2D eigenvalue weighted by atomic mass is 9.74. The first kappa shape index (κ1) is 26.0. The molecule has 194 valence electrons. The van der Waals surface area contributed by atoms with E-state index in [-0.39, 0.29) is 35.1 Å². The summed E-state index contributed by atoms with van der Waals surface area (Å²) < 4.78 is 47.5. The number of nitrogens with zero attached hydrogens (tertiary/aromatic N) is 7. The van der Waals surface area contributed by atoms with Gasteiger partial charge >= 0.3 is 0 Å². The van der Waals surface area contributed by atoms with E-state index in [2.05, 4.69) is 41.8 Å². The van der Waals surface area contributed by atoms with E-state index in [4.69, 9.17) is 25.8 Å². The van der Waals surface area contributed by atoms with Gasteiger partial charge in [0.2, 0.25) is 27.7 Å². The van der Waals surface area contributed by atoms with Crippen LogP contribution in [0.3, 0.4) is 0 Å². The summed E-state index contributed by atoms with van der Waals surface area (Å²) in [5, 5.41) is 7.73. The van der Waals surface area contributed by atoms with Gasteiger partial charge in [-0.05, 0) is 25.7 Å². The number of anilines is 1. The third-order valence-corrected chi connectivity index (χ3v) is 8.19. The minimum Gasteiger partial charge on any atom is -0.479 e. The van der Waals surface area contributed by atoms with Crippen molar-refractivity contribution in [3.63, 3.8) is 0 Å². The van der Waals surface area contributed by atoms with Crippen LogP contribution in [0, 0.1) is 5.92 Å². The zero-order chi connectivity index (χ0) is 26.0. The molecule has 0 aliphatic heterocycles. The molecule has 1 fully saturated rings. The van der Waals surface area contributed by atoms with E-state index >= 15 is 0 Å². The summed E-state index contributed by atoms with van der Waals surface area (Å²) in [4.78, 5) is 16.6. The predicted octanol–water partition coefficient (Wildman–Crippen LogP) is 2.55. The van der Waals surface area contributed by atoms with Gasteiger partial charge in [-0.3, -0.25) is 9.29 Å². The Bertz CT molecular complexity index is 1300. The lowest BCUT2D eigenvalue weighted by Crippen LogP contribution is -2.33. The van der Waals surface area contributed by atoms with Crippen LogP contribution >= 0.6 is 11.6 Å². The summed E-state index contributed by atoms with van der Waals surface area (Å²) in [6.07, 6.45) is 4.95. The fourth-order valence-corrected chi connectivity index (χ4v) is 5.30. The Labute approximate surface area is 213 Å². The van der Waals surface area contributed by atoms with Gasteiger partial charge in [-0.25, -0.2) is 18.4 Å². The Kier molecular flexibility index (Phi) is 7.57. The molecule has 4 rings (SSSR count). The van der Waals surface area contributed by atoms with Gasteiger partial charge < -0.3 is 14.2 Å². The zero-order valence-corrected chi connectivity index (χ0v) is 22.0. The largest absolute Gasteiger partial charge is 0.479 e. The van der Waals surface area contributed by atoms with E-state index in [0.717, 1.165) is 12.8 Å². The molecule has 13 nitrogen and oxygen atoms in total. The molecule has 3 aromatic heterocycles. The second kappa shape index (κ2) is 10.5. The SMILES string of the molecule is COc1ncnc(OC)c1-n1c(NS(=O)(=O)[C@@H](C)[C@H](OC)c2ncc(Cl)cn2)nnc1[C@@H]1CC[C@H]1C. The number of hydrogen-bond acceptors (Lipinski definition) is 11. The van der Waals surface area contributed by atoms with E-state index in [1.165, 1.54) is 47.0 Å². The summed E-state index contributed by atoms with van der Waals surface area (Å²) in [5.74, 6) is 1.39. The Hall–Kier alpha value is -3.10. The van der Waals surface area contributed by atoms with Crippen molar-refractivity contribution in [2.24, 2.45) is 5.92 Å². The van der Waals surface area contributed by atoms with Crippen molar-refractivity contribution in [3.05, 3.63) is 35.4 Å². The lowest BCUT2D eigenvalue weighted by Gasteiger charge is -2.33. The van der Waals surface area contributed by atoms with Crippen LogP contribution in [-0.4, -0.2) is 69.7 Å². The van der Waals surface area contributed by atoms with Crippen molar-refractivity contribution >= 4 is 27.6 Å². The zero-order valence-electron chi connectivity index (χ0n) is 20.4. The first-order chi connectivity index (χ1) is 17.2. The van der Waals surface area contributed by atoms with Gasteiger partial charge in [-0.2, -0.15) is 9.97 Å². The van der Waals surface area contributed by atoms with Crippen molar-refractivity contribution in [1.29, 1.82) is 0 Å². The molecular formula is C21H27ClN8O5S. The molecule has 3 aromatic rings. The number of hydrogen-bond donors (Lipinski definition) is 1. The van der Waals surface area contributed by atoms with Gasteiger partial charge in [0.15, 0.2) is 11.5 Å². The summed E-state index contributed by atoms with van der Waals surface area (Å²) >= 11 is 5.87. The number of ether oxygens (including phenoxy) is 3. The van der Waals surface area contributed by atoms with E-state index in [0.29, 0.717) is 16.8 Å². The van der Waals surface area contributed by atoms with Gasteiger partial charge in [0, 0.05) is 25.4 Å². The molecule has 1 N–H and O–H groups in total. The topological polar surface area (TPSA) is 156 Å². The van der Waals surface area contributed by atoms with Crippen LogP contribution in [-0.2, 0) is 14.8 Å². The summed E-state index contributed by atoms with van der Waals surface area (Å²) in [6.45, 7) is 3.58.